The molecule has 3 atom stereocenters. The van der Waals surface area contributed by atoms with Gasteiger partial charge in [-0.25, -0.2) is 0 Å². The maximum Gasteiger partial charge on any atom is 0.219 e. The number of carbonyl (C=O) groups is 1. The van der Waals surface area contributed by atoms with E-state index >= 15 is 0 Å². The fourth-order valence-electron chi connectivity index (χ4n) is 3.58. The van der Waals surface area contributed by atoms with Gasteiger partial charge in [0, 0.05) is 49.0 Å². The van der Waals surface area contributed by atoms with Gasteiger partial charge in [-0.1, -0.05) is 34.1 Å². The molecular weight excluding hydrogens is 316 g/mol. The highest BCUT2D eigenvalue weighted by atomic mass is 79.9. The number of piperidine rings is 1. The lowest BCUT2D eigenvalue weighted by molar-refractivity contribution is -0.144. The number of hydrogen-bond donors (Lipinski definition) is 0. The first kappa shape index (κ1) is 13.8. The molecule has 3 rings (SSSR count). The van der Waals surface area contributed by atoms with Crippen LogP contribution in [-0.4, -0.2) is 47.4 Å². The van der Waals surface area contributed by atoms with Gasteiger partial charge in [-0.2, -0.15) is 0 Å². The zero-order chi connectivity index (χ0) is 14.3. The monoisotopic (exact) mass is 334 g/mol. The van der Waals surface area contributed by atoms with Gasteiger partial charge in [-0.15, -0.1) is 6.58 Å². The molecule has 1 aromatic carbocycles. The third kappa shape index (κ3) is 2.21. The Kier molecular flexibility index (Phi) is 3.69. The van der Waals surface area contributed by atoms with Crippen LogP contribution in [0, 0.1) is 0 Å². The molecule has 0 aromatic heterocycles. The van der Waals surface area contributed by atoms with Gasteiger partial charge >= 0.3 is 0 Å². The molecule has 4 heteroatoms. The summed E-state index contributed by atoms with van der Waals surface area (Å²) >= 11 is 3.48. The number of carbonyl (C=O) groups excluding carboxylic acids is 1. The number of piperazine rings is 1. The summed E-state index contributed by atoms with van der Waals surface area (Å²) in [5, 5.41) is 0. The van der Waals surface area contributed by atoms with E-state index in [9.17, 15) is 4.79 Å². The number of hydrogen-bond acceptors (Lipinski definition) is 2. The Hall–Kier alpha value is -1.13. The van der Waals surface area contributed by atoms with Gasteiger partial charge in [0.1, 0.15) is 0 Å². The molecule has 2 heterocycles. The summed E-state index contributed by atoms with van der Waals surface area (Å²) in [7, 11) is 0. The molecule has 0 spiro atoms. The Morgan fingerprint density at radius 1 is 1.35 bits per heavy atom. The molecule has 106 valence electrons. The van der Waals surface area contributed by atoms with E-state index in [1.54, 1.807) is 6.92 Å². The van der Waals surface area contributed by atoms with Crippen molar-refractivity contribution in [2.45, 2.75) is 24.9 Å². The third-order valence-corrected chi connectivity index (χ3v) is 5.06. The van der Waals surface area contributed by atoms with Crippen LogP contribution in [0.1, 0.15) is 18.4 Å². The largest absolute Gasteiger partial charge is 0.340 e. The molecule has 2 aliphatic rings. The summed E-state index contributed by atoms with van der Waals surface area (Å²) in [6, 6.07) is 9.45. The molecule has 0 saturated carbocycles. The van der Waals surface area contributed by atoms with E-state index in [-0.39, 0.29) is 5.91 Å². The molecular formula is C16H19BrN2O. The lowest BCUT2D eigenvalue weighted by Crippen LogP contribution is -2.73. The second kappa shape index (κ2) is 5.34. The highest BCUT2D eigenvalue weighted by Crippen LogP contribution is 2.44. The zero-order valence-electron chi connectivity index (χ0n) is 11.6. The minimum Gasteiger partial charge on any atom is -0.340 e. The van der Waals surface area contributed by atoms with Crippen LogP contribution in [0.2, 0.25) is 0 Å². The van der Waals surface area contributed by atoms with Crippen LogP contribution in [0.3, 0.4) is 0 Å². The summed E-state index contributed by atoms with van der Waals surface area (Å²) in [5.41, 5.74) is 1.38. The van der Waals surface area contributed by atoms with Crippen molar-refractivity contribution in [2.24, 2.45) is 0 Å². The van der Waals surface area contributed by atoms with Crippen LogP contribution in [0.4, 0.5) is 0 Å². The number of fused-ring (bicyclic) bond motifs is 2. The summed E-state index contributed by atoms with van der Waals surface area (Å²) in [6.45, 7) is 8.09. The Labute approximate surface area is 128 Å². The van der Waals surface area contributed by atoms with Crippen LogP contribution < -0.4 is 0 Å². The second-order valence-corrected chi connectivity index (χ2v) is 6.54. The highest BCUT2D eigenvalue weighted by Gasteiger charge is 2.53. The fraction of sp³-hybridized carbons (Fsp3) is 0.438. The molecule has 0 aliphatic carbocycles. The van der Waals surface area contributed by atoms with Crippen molar-refractivity contribution < 1.29 is 4.79 Å². The predicted molar refractivity (Wildman–Crippen MR) is 83.6 cm³/mol. The van der Waals surface area contributed by atoms with Gasteiger partial charge in [0.25, 0.3) is 0 Å². The van der Waals surface area contributed by atoms with Crippen molar-refractivity contribution in [1.29, 1.82) is 0 Å². The van der Waals surface area contributed by atoms with E-state index in [1.165, 1.54) is 5.56 Å². The van der Waals surface area contributed by atoms with Gasteiger partial charge in [0.2, 0.25) is 5.91 Å². The first-order valence-corrected chi connectivity index (χ1v) is 7.78. The summed E-state index contributed by atoms with van der Waals surface area (Å²) in [4.78, 5) is 16.0. The Morgan fingerprint density at radius 3 is 2.45 bits per heavy atom. The van der Waals surface area contributed by atoms with E-state index in [0.717, 1.165) is 24.1 Å². The Morgan fingerprint density at radius 2 is 1.95 bits per heavy atom. The van der Waals surface area contributed by atoms with Gasteiger partial charge in [-0.05, 0) is 17.7 Å². The van der Waals surface area contributed by atoms with Crippen LogP contribution in [0.5, 0.6) is 0 Å². The summed E-state index contributed by atoms with van der Waals surface area (Å²) in [5.74, 6) is 0.728. The number of amides is 1. The molecule has 2 aliphatic heterocycles. The van der Waals surface area contributed by atoms with Gasteiger partial charge < -0.3 is 4.90 Å². The SMILES string of the molecule is C=CCN1[C@@H]2CN(C(C)=O)C[C@H]1C2c1ccc(Br)cc1. The molecule has 1 amide bonds. The van der Waals surface area contributed by atoms with Crippen molar-refractivity contribution >= 4 is 21.8 Å². The molecule has 0 N–H and O–H groups in total. The molecule has 0 radical (unpaired) electrons. The Balaban J connectivity index is 1.82. The normalized spacial score (nSPS) is 28.9. The van der Waals surface area contributed by atoms with Gasteiger partial charge in [-0.3, -0.25) is 9.69 Å². The molecule has 2 fully saturated rings. The van der Waals surface area contributed by atoms with Crippen molar-refractivity contribution in [1.82, 2.24) is 9.80 Å². The minimum atomic E-state index is 0.188. The minimum absolute atomic E-state index is 0.188. The van der Waals surface area contributed by atoms with E-state index < -0.39 is 0 Å². The smallest absolute Gasteiger partial charge is 0.219 e. The first-order valence-electron chi connectivity index (χ1n) is 6.99. The lowest BCUT2D eigenvalue weighted by Gasteiger charge is -2.61. The van der Waals surface area contributed by atoms with Crippen LogP contribution in [0.15, 0.2) is 41.4 Å². The first-order chi connectivity index (χ1) is 9.61. The molecule has 20 heavy (non-hydrogen) atoms. The van der Waals surface area contributed by atoms with E-state index in [4.69, 9.17) is 0 Å². The number of rotatable bonds is 3. The molecule has 1 unspecified atom stereocenters. The molecule has 2 saturated heterocycles. The quantitative estimate of drug-likeness (QED) is 0.793. The summed E-state index contributed by atoms with van der Waals surface area (Å²) in [6.07, 6.45) is 1.96. The average molecular weight is 335 g/mol. The Bertz CT molecular complexity index is 514. The maximum atomic E-state index is 11.6. The van der Waals surface area contributed by atoms with Crippen molar-refractivity contribution in [2.75, 3.05) is 19.6 Å². The number of likely N-dealkylation sites (tertiary alicyclic amines) is 1. The number of benzene rings is 1. The highest BCUT2D eigenvalue weighted by molar-refractivity contribution is 9.10. The van der Waals surface area contributed by atoms with E-state index in [2.05, 4.69) is 51.7 Å². The van der Waals surface area contributed by atoms with Crippen molar-refractivity contribution in [3.05, 3.63) is 47.0 Å². The molecule has 1 aromatic rings. The van der Waals surface area contributed by atoms with Crippen LogP contribution in [-0.2, 0) is 4.79 Å². The maximum absolute atomic E-state index is 11.6. The van der Waals surface area contributed by atoms with E-state index in [0.29, 0.717) is 18.0 Å². The topological polar surface area (TPSA) is 23.6 Å². The zero-order valence-corrected chi connectivity index (χ0v) is 13.2. The van der Waals surface area contributed by atoms with Crippen molar-refractivity contribution in [3.63, 3.8) is 0 Å². The summed E-state index contributed by atoms with van der Waals surface area (Å²) < 4.78 is 1.11. The van der Waals surface area contributed by atoms with E-state index in [1.807, 2.05) is 11.0 Å². The van der Waals surface area contributed by atoms with Crippen LogP contribution >= 0.6 is 15.9 Å². The molecule has 3 nitrogen and oxygen atoms in total. The number of nitrogens with zero attached hydrogens (tertiary/aromatic N) is 2. The lowest BCUT2D eigenvalue weighted by atomic mass is 9.71. The van der Waals surface area contributed by atoms with Crippen molar-refractivity contribution in [3.8, 4) is 0 Å². The second-order valence-electron chi connectivity index (χ2n) is 5.62. The predicted octanol–water partition coefficient (Wildman–Crippen LogP) is 2.63. The fourth-order valence-corrected chi connectivity index (χ4v) is 3.85. The van der Waals surface area contributed by atoms with Gasteiger partial charge in [0.15, 0.2) is 0 Å². The van der Waals surface area contributed by atoms with Gasteiger partial charge in [0.05, 0.1) is 0 Å². The molecule has 2 bridgehead atoms. The van der Waals surface area contributed by atoms with Crippen LogP contribution in [0.25, 0.3) is 0 Å². The average Bonchev–Trinajstić information content (AvgIpc) is 2.45. The number of halogens is 1. The third-order valence-electron chi connectivity index (χ3n) is 4.54. The standard InChI is InChI=1S/C16H19BrN2O/c1-3-8-19-14-9-18(11(2)20)10-15(19)16(14)12-4-6-13(17)7-5-12/h3-7,14-16H,1,8-10H2,2H3/t14-,15+,16?.